The topological polar surface area (TPSA) is 51.2 Å². The molecule has 2 heterocycles. The predicted octanol–water partition coefficient (Wildman–Crippen LogP) is 3.97. The molecule has 0 fully saturated rings. The van der Waals surface area contributed by atoms with E-state index in [0.717, 1.165) is 15.0 Å². The number of thiophene rings is 1. The molecule has 0 atom stereocenters. The fourth-order valence-corrected chi connectivity index (χ4v) is 2.76. The van der Waals surface area contributed by atoms with E-state index in [2.05, 4.69) is 10.3 Å². The van der Waals surface area contributed by atoms with Crippen molar-refractivity contribution < 1.29 is 9.53 Å². The molecule has 2 rings (SSSR count). The van der Waals surface area contributed by atoms with Crippen molar-refractivity contribution in [2.45, 2.75) is 32.9 Å². The Balaban J connectivity index is 2.00. The lowest BCUT2D eigenvalue weighted by Gasteiger charge is -2.19. The SMILES string of the molecule is CC(C)(C)OC(=O)NCc1cc2cnc(Cl)cc2s1. The minimum absolute atomic E-state index is 0.416. The third-order valence-electron chi connectivity index (χ3n) is 2.23. The van der Waals surface area contributed by atoms with Crippen LogP contribution in [0.4, 0.5) is 4.79 Å². The lowest BCUT2D eigenvalue weighted by molar-refractivity contribution is 0.0524. The Morgan fingerprint density at radius 1 is 1.47 bits per heavy atom. The molecule has 19 heavy (non-hydrogen) atoms. The Hall–Kier alpha value is -1.33. The van der Waals surface area contributed by atoms with E-state index in [-0.39, 0.29) is 0 Å². The molecular weight excluding hydrogens is 284 g/mol. The van der Waals surface area contributed by atoms with Crippen molar-refractivity contribution in [3.8, 4) is 0 Å². The lowest BCUT2D eigenvalue weighted by atomic mass is 10.2. The summed E-state index contributed by atoms with van der Waals surface area (Å²) >= 11 is 7.41. The van der Waals surface area contributed by atoms with E-state index in [0.29, 0.717) is 11.7 Å². The van der Waals surface area contributed by atoms with Gasteiger partial charge in [0.05, 0.1) is 6.54 Å². The Bertz CT molecular complexity index is 604. The zero-order valence-corrected chi connectivity index (χ0v) is 12.6. The number of aromatic nitrogens is 1. The molecule has 2 aromatic rings. The maximum absolute atomic E-state index is 11.5. The zero-order chi connectivity index (χ0) is 14.0. The molecule has 0 aliphatic heterocycles. The van der Waals surface area contributed by atoms with Crippen LogP contribution < -0.4 is 5.32 Å². The maximum Gasteiger partial charge on any atom is 0.407 e. The third kappa shape index (κ3) is 4.08. The van der Waals surface area contributed by atoms with E-state index in [1.165, 1.54) is 0 Å². The highest BCUT2D eigenvalue weighted by Crippen LogP contribution is 2.26. The summed E-state index contributed by atoms with van der Waals surface area (Å²) in [4.78, 5) is 16.6. The second-order valence-electron chi connectivity index (χ2n) is 5.11. The van der Waals surface area contributed by atoms with Gasteiger partial charge < -0.3 is 10.1 Å². The monoisotopic (exact) mass is 298 g/mol. The first-order chi connectivity index (χ1) is 8.83. The van der Waals surface area contributed by atoms with Crippen LogP contribution >= 0.6 is 22.9 Å². The van der Waals surface area contributed by atoms with Gasteiger partial charge in [0.15, 0.2) is 0 Å². The van der Waals surface area contributed by atoms with Crippen LogP contribution in [-0.2, 0) is 11.3 Å². The number of nitrogens with one attached hydrogen (secondary N) is 1. The quantitative estimate of drug-likeness (QED) is 0.853. The molecule has 0 bridgehead atoms. The molecule has 102 valence electrons. The van der Waals surface area contributed by atoms with Crippen LogP contribution in [0.3, 0.4) is 0 Å². The van der Waals surface area contributed by atoms with Crippen molar-refractivity contribution >= 4 is 39.1 Å². The van der Waals surface area contributed by atoms with E-state index in [1.54, 1.807) is 17.5 Å². The van der Waals surface area contributed by atoms with Gasteiger partial charge in [-0.1, -0.05) is 11.6 Å². The maximum atomic E-state index is 11.5. The van der Waals surface area contributed by atoms with Crippen molar-refractivity contribution in [2.24, 2.45) is 0 Å². The first-order valence-electron chi connectivity index (χ1n) is 5.84. The molecule has 0 aliphatic rings. The number of alkyl carbamates (subject to hydrolysis) is 1. The van der Waals surface area contributed by atoms with E-state index < -0.39 is 11.7 Å². The molecule has 0 saturated carbocycles. The molecule has 6 heteroatoms. The van der Waals surface area contributed by atoms with Crippen molar-refractivity contribution in [1.82, 2.24) is 10.3 Å². The van der Waals surface area contributed by atoms with Crippen LogP contribution in [0.2, 0.25) is 5.15 Å². The lowest BCUT2D eigenvalue weighted by Crippen LogP contribution is -2.31. The summed E-state index contributed by atoms with van der Waals surface area (Å²) in [6.07, 6.45) is 1.31. The Morgan fingerprint density at radius 3 is 2.89 bits per heavy atom. The number of nitrogens with zero attached hydrogens (tertiary/aromatic N) is 1. The summed E-state index contributed by atoms with van der Waals surface area (Å²) in [5.74, 6) is 0. The molecule has 0 aromatic carbocycles. The number of hydrogen-bond donors (Lipinski definition) is 1. The molecule has 0 unspecified atom stereocenters. The molecule has 2 aromatic heterocycles. The summed E-state index contributed by atoms with van der Waals surface area (Å²) in [6.45, 7) is 5.94. The van der Waals surface area contributed by atoms with Crippen LogP contribution in [0.15, 0.2) is 18.3 Å². The van der Waals surface area contributed by atoms with Gasteiger partial charge in [0.2, 0.25) is 0 Å². The number of fused-ring (bicyclic) bond motifs is 1. The second kappa shape index (κ2) is 5.35. The number of pyridine rings is 1. The van der Waals surface area contributed by atoms with Crippen LogP contribution in [0, 0.1) is 0 Å². The summed E-state index contributed by atoms with van der Waals surface area (Å²) < 4.78 is 6.23. The van der Waals surface area contributed by atoms with E-state index in [9.17, 15) is 4.79 Å². The molecule has 4 nitrogen and oxygen atoms in total. The fourth-order valence-electron chi connectivity index (χ4n) is 1.53. The van der Waals surface area contributed by atoms with Gasteiger partial charge in [-0.15, -0.1) is 11.3 Å². The van der Waals surface area contributed by atoms with Crippen LogP contribution in [0.1, 0.15) is 25.6 Å². The van der Waals surface area contributed by atoms with Gasteiger partial charge in [-0.05, 0) is 32.9 Å². The van der Waals surface area contributed by atoms with Gasteiger partial charge in [0.1, 0.15) is 10.8 Å². The van der Waals surface area contributed by atoms with Gasteiger partial charge in [0.25, 0.3) is 0 Å². The molecule has 1 amide bonds. The average Bonchev–Trinajstić information content (AvgIpc) is 2.66. The number of amides is 1. The van der Waals surface area contributed by atoms with Crippen LogP contribution in [0.5, 0.6) is 0 Å². The molecule has 0 spiro atoms. The average molecular weight is 299 g/mol. The highest BCUT2D eigenvalue weighted by molar-refractivity contribution is 7.19. The Kier molecular flexibility index (Phi) is 3.96. The highest BCUT2D eigenvalue weighted by atomic mass is 35.5. The predicted molar refractivity (Wildman–Crippen MR) is 77.7 cm³/mol. The Morgan fingerprint density at radius 2 is 2.21 bits per heavy atom. The molecule has 0 saturated heterocycles. The van der Waals surface area contributed by atoms with Crippen LogP contribution in [-0.4, -0.2) is 16.7 Å². The van der Waals surface area contributed by atoms with Crippen LogP contribution in [0.25, 0.3) is 10.1 Å². The van der Waals surface area contributed by atoms with Crippen molar-refractivity contribution in [3.05, 3.63) is 28.4 Å². The number of ether oxygens (including phenoxy) is 1. The highest BCUT2D eigenvalue weighted by Gasteiger charge is 2.16. The van der Waals surface area contributed by atoms with Crippen molar-refractivity contribution in [1.29, 1.82) is 0 Å². The molecule has 1 N–H and O–H groups in total. The smallest absolute Gasteiger partial charge is 0.407 e. The van der Waals surface area contributed by atoms with Crippen molar-refractivity contribution in [2.75, 3.05) is 0 Å². The molecule has 0 aliphatic carbocycles. The summed E-state index contributed by atoms with van der Waals surface area (Å²) in [5.41, 5.74) is -0.484. The second-order valence-corrected chi connectivity index (χ2v) is 6.67. The van der Waals surface area contributed by atoms with Gasteiger partial charge in [-0.25, -0.2) is 9.78 Å². The summed E-state index contributed by atoms with van der Waals surface area (Å²) in [5, 5.41) is 4.22. The first-order valence-corrected chi connectivity index (χ1v) is 7.04. The molecule has 0 radical (unpaired) electrons. The first kappa shape index (κ1) is 14.1. The zero-order valence-electron chi connectivity index (χ0n) is 11.0. The molecular formula is C13H15ClN2O2S. The number of carbonyl (C=O) groups excluding carboxylic acids is 1. The Labute approximate surface area is 120 Å². The number of halogens is 1. The third-order valence-corrected chi connectivity index (χ3v) is 3.53. The van der Waals surface area contributed by atoms with E-state index in [4.69, 9.17) is 16.3 Å². The van der Waals surface area contributed by atoms with Gasteiger partial charge in [0, 0.05) is 21.2 Å². The standard InChI is InChI=1S/C13H15ClN2O2S/c1-13(2,3)18-12(17)16-7-9-4-8-6-15-11(14)5-10(8)19-9/h4-6H,7H2,1-3H3,(H,16,17). The number of carbonyl (C=O) groups is 1. The van der Waals surface area contributed by atoms with E-state index in [1.807, 2.05) is 32.9 Å². The van der Waals surface area contributed by atoms with E-state index >= 15 is 0 Å². The van der Waals surface area contributed by atoms with Gasteiger partial charge in [-0.3, -0.25) is 0 Å². The summed E-state index contributed by atoms with van der Waals surface area (Å²) in [6, 6.07) is 3.80. The van der Waals surface area contributed by atoms with Crippen molar-refractivity contribution in [3.63, 3.8) is 0 Å². The minimum Gasteiger partial charge on any atom is -0.444 e. The minimum atomic E-state index is -0.484. The number of hydrogen-bond acceptors (Lipinski definition) is 4. The van der Waals surface area contributed by atoms with Gasteiger partial charge >= 0.3 is 6.09 Å². The van der Waals surface area contributed by atoms with Gasteiger partial charge in [-0.2, -0.15) is 0 Å². The number of rotatable bonds is 2. The fraction of sp³-hybridized carbons (Fsp3) is 0.385. The summed E-state index contributed by atoms with van der Waals surface area (Å²) in [7, 11) is 0. The normalized spacial score (nSPS) is 11.6. The largest absolute Gasteiger partial charge is 0.444 e.